The molecule has 22 heavy (non-hydrogen) atoms. The summed E-state index contributed by atoms with van der Waals surface area (Å²) in [4.78, 5) is 17.3. The second kappa shape index (κ2) is 5.89. The van der Waals surface area contributed by atoms with E-state index in [-0.39, 0.29) is 5.91 Å². The summed E-state index contributed by atoms with van der Waals surface area (Å²) in [5, 5.41) is 0. The number of hydrogen-bond acceptors (Lipinski definition) is 2. The van der Waals surface area contributed by atoms with Crippen LogP contribution in [-0.2, 0) is 7.05 Å². The Balaban J connectivity index is 2.09. The second-order valence-electron chi connectivity index (χ2n) is 5.61. The number of hydrogen-bond donors (Lipinski definition) is 0. The van der Waals surface area contributed by atoms with Gasteiger partial charge in [-0.1, -0.05) is 49.4 Å². The summed E-state index contributed by atoms with van der Waals surface area (Å²) in [7, 11) is 1.95. The summed E-state index contributed by atoms with van der Waals surface area (Å²) in [5.74, 6) is 0.287. The van der Waals surface area contributed by atoms with Gasteiger partial charge in [-0.2, -0.15) is 4.99 Å². The summed E-state index contributed by atoms with van der Waals surface area (Å²) in [5.41, 5.74) is 3.02. The van der Waals surface area contributed by atoms with Crippen LogP contribution in [0.2, 0.25) is 0 Å². The van der Waals surface area contributed by atoms with Gasteiger partial charge >= 0.3 is 0 Å². The lowest BCUT2D eigenvalue weighted by atomic mass is 10.0. The maximum atomic E-state index is 12.2. The number of thiazole rings is 1. The number of fused-ring (bicyclic) bond motifs is 1. The fraction of sp³-hybridized carbons (Fsp3) is 0.222. The fourth-order valence-electron chi connectivity index (χ4n) is 2.35. The van der Waals surface area contributed by atoms with Gasteiger partial charge in [0.1, 0.15) is 0 Å². The summed E-state index contributed by atoms with van der Waals surface area (Å²) in [6, 6.07) is 15.6. The van der Waals surface area contributed by atoms with E-state index < -0.39 is 0 Å². The zero-order valence-corrected chi connectivity index (χ0v) is 13.7. The zero-order chi connectivity index (χ0) is 15.7. The molecule has 0 aliphatic heterocycles. The maximum absolute atomic E-state index is 12.2. The summed E-state index contributed by atoms with van der Waals surface area (Å²) in [6.07, 6.45) is 0. The number of nitrogens with zero attached hydrogens (tertiary/aromatic N) is 2. The molecule has 0 aliphatic carbocycles. The molecule has 4 heteroatoms. The molecule has 112 valence electrons. The van der Waals surface area contributed by atoms with E-state index >= 15 is 0 Å². The molecule has 0 atom stereocenters. The minimum atomic E-state index is -0.202. The molecule has 0 N–H and O–H groups in total. The Kier molecular flexibility index (Phi) is 3.94. The molecule has 3 aromatic rings. The van der Waals surface area contributed by atoms with Crippen LogP contribution in [0.1, 0.15) is 35.7 Å². The van der Waals surface area contributed by atoms with Crippen LogP contribution in [0.4, 0.5) is 0 Å². The Bertz CT molecular complexity index is 888. The highest BCUT2D eigenvalue weighted by Crippen LogP contribution is 2.23. The van der Waals surface area contributed by atoms with Crippen molar-refractivity contribution >= 4 is 27.5 Å². The summed E-state index contributed by atoms with van der Waals surface area (Å²) >= 11 is 1.55. The third-order valence-electron chi connectivity index (χ3n) is 3.72. The molecule has 3 nitrogen and oxygen atoms in total. The first kappa shape index (κ1) is 14.7. The summed E-state index contributed by atoms with van der Waals surface area (Å²) < 4.78 is 3.14. The average Bonchev–Trinajstić information content (AvgIpc) is 2.84. The van der Waals surface area contributed by atoms with E-state index in [1.165, 1.54) is 5.56 Å². The molecule has 0 radical (unpaired) electrons. The van der Waals surface area contributed by atoms with Crippen LogP contribution >= 0.6 is 11.3 Å². The van der Waals surface area contributed by atoms with Crippen molar-refractivity contribution in [2.45, 2.75) is 19.8 Å². The van der Waals surface area contributed by atoms with Crippen molar-refractivity contribution in [1.82, 2.24) is 4.57 Å². The van der Waals surface area contributed by atoms with Crippen molar-refractivity contribution in [1.29, 1.82) is 0 Å². The largest absolute Gasteiger partial charge is 0.319 e. The lowest BCUT2D eigenvalue weighted by molar-refractivity contribution is 0.0998. The van der Waals surface area contributed by atoms with Gasteiger partial charge in [-0.25, -0.2) is 0 Å². The van der Waals surface area contributed by atoms with Crippen molar-refractivity contribution in [3.8, 4) is 0 Å². The van der Waals surface area contributed by atoms with Crippen LogP contribution in [0, 0.1) is 0 Å². The number of aromatic nitrogens is 1. The van der Waals surface area contributed by atoms with E-state index in [1.54, 1.807) is 23.5 Å². The lowest BCUT2D eigenvalue weighted by Gasteiger charge is -2.04. The predicted octanol–water partition coefficient (Wildman–Crippen LogP) is 4.10. The van der Waals surface area contributed by atoms with Crippen molar-refractivity contribution in [2.24, 2.45) is 12.0 Å². The molecular formula is C18H18N2OS. The Hall–Kier alpha value is -2.20. The van der Waals surface area contributed by atoms with Gasteiger partial charge in [-0.15, -0.1) is 0 Å². The van der Waals surface area contributed by atoms with Crippen molar-refractivity contribution < 1.29 is 4.79 Å². The average molecular weight is 310 g/mol. The van der Waals surface area contributed by atoms with Gasteiger partial charge in [-0.05, 0) is 35.7 Å². The molecule has 0 aliphatic rings. The fourth-order valence-corrected chi connectivity index (χ4v) is 3.41. The minimum absolute atomic E-state index is 0.202. The highest BCUT2D eigenvalue weighted by atomic mass is 32.1. The molecule has 0 fully saturated rings. The number of benzene rings is 2. The Morgan fingerprint density at radius 2 is 1.86 bits per heavy atom. The highest BCUT2D eigenvalue weighted by Gasteiger charge is 2.08. The molecule has 0 bridgehead atoms. The van der Waals surface area contributed by atoms with Gasteiger partial charge in [0.2, 0.25) is 0 Å². The first-order valence-electron chi connectivity index (χ1n) is 7.30. The summed E-state index contributed by atoms with van der Waals surface area (Å²) in [6.45, 7) is 4.36. The van der Waals surface area contributed by atoms with Crippen LogP contribution in [-0.4, -0.2) is 10.5 Å². The second-order valence-corrected chi connectivity index (χ2v) is 6.62. The van der Waals surface area contributed by atoms with Crippen molar-refractivity contribution in [3.63, 3.8) is 0 Å². The van der Waals surface area contributed by atoms with Gasteiger partial charge in [0.15, 0.2) is 4.80 Å². The normalized spacial score (nSPS) is 12.3. The maximum Gasteiger partial charge on any atom is 0.279 e. The first-order chi connectivity index (χ1) is 10.6. The molecule has 2 aromatic carbocycles. The van der Waals surface area contributed by atoms with Gasteiger partial charge in [-0.3, -0.25) is 4.79 Å². The smallest absolute Gasteiger partial charge is 0.279 e. The molecule has 1 aromatic heterocycles. The quantitative estimate of drug-likeness (QED) is 0.701. The number of amides is 1. The number of rotatable bonds is 2. The Morgan fingerprint density at radius 1 is 1.14 bits per heavy atom. The van der Waals surface area contributed by atoms with Gasteiger partial charge in [0, 0.05) is 12.6 Å². The molecule has 0 spiro atoms. The van der Waals surface area contributed by atoms with Crippen LogP contribution in [0.15, 0.2) is 53.5 Å². The number of carbonyl (C=O) groups excluding carboxylic acids is 1. The van der Waals surface area contributed by atoms with Crippen LogP contribution in [0.25, 0.3) is 10.2 Å². The third-order valence-corrected chi connectivity index (χ3v) is 4.81. The Labute approximate surface area is 133 Å². The number of carbonyl (C=O) groups is 1. The van der Waals surface area contributed by atoms with Crippen LogP contribution < -0.4 is 4.80 Å². The van der Waals surface area contributed by atoms with E-state index in [4.69, 9.17) is 0 Å². The zero-order valence-electron chi connectivity index (χ0n) is 12.9. The van der Waals surface area contributed by atoms with E-state index in [1.807, 2.05) is 29.8 Å². The molecule has 3 rings (SSSR count). The van der Waals surface area contributed by atoms with E-state index in [9.17, 15) is 4.79 Å². The van der Waals surface area contributed by atoms with E-state index in [0.717, 1.165) is 15.0 Å². The van der Waals surface area contributed by atoms with E-state index in [2.05, 4.69) is 37.0 Å². The monoisotopic (exact) mass is 310 g/mol. The van der Waals surface area contributed by atoms with Gasteiger partial charge < -0.3 is 4.57 Å². The highest BCUT2D eigenvalue weighted by molar-refractivity contribution is 7.16. The van der Waals surface area contributed by atoms with Gasteiger partial charge in [0.25, 0.3) is 5.91 Å². The molecule has 0 saturated carbocycles. The molecular weight excluding hydrogens is 292 g/mol. The SMILES string of the molecule is CC(C)c1ccc2c(c1)sc(=NC(=O)c1ccccc1)n2C. The lowest BCUT2D eigenvalue weighted by Crippen LogP contribution is -2.13. The van der Waals surface area contributed by atoms with Crippen molar-refractivity contribution in [2.75, 3.05) is 0 Å². The number of aryl methyl sites for hydroxylation is 1. The minimum Gasteiger partial charge on any atom is -0.319 e. The molecule has 0 unspecified atom stereocenters. The molecule has 1 heterocycles. The third kappa shape index (κ3) is 2.74. The van der Waals surface area contributed by atoms with Gasteiger partial charge in [0.05, 0.1) is 10.2 Å². The predicted molar refractivity (Wildman–Crippen MR) is 91.2 cm³/mol. The first-order valence-corrected chi connectivity index (χ1v) is 8.11. The van der Waals surface area contributed by atoms with E-state index in [0.29, 0.717) is 11.5 Å². The van der Waals surface area contributed by atoms with Crippen molar-refractivity contribution in [3.05, 3.63) is 64.5 Å². The van der Waals surface area contributed by atoms with Crippen LogP contribution in [0.3, 0.4) is 0 Å². The molecule has 1 amide bonds. The molecule has 0 saturated heterocycles. The topological polar surface area (TPSA) is 34.4 Å². The standard InChI is InChI=1S/C18H18N2OS/c1-12(2)14-9-10-15-16(11-14)22-18(20(15)3)19-17(21)13-7-5-4-6-8-13/h4-12H,1-3H3. The van der Waals surface area contributed by atoms with Crippen LogP contribution in [0.5, 0.6) is 0 Å². The Morgan fingerprint density at radius 3 is 2.55 bits per heavy atom.